The highest BCUT2D eigenvalue weighted by Crippen LogP contribution is 2.21. The monoisotopic (exact) mass is 381 g/mol. The van der Waals surface area contributed by atoms with E-state index in [1.807, 2.05) is 0 Å². The molecule has 1 atom stereocenters. The first-order chi connectivity index (χ1) is 13.3. The molecule has 0 spiro atoms. The summed E-state index contributed by atoms with van der Waals surface area (Å²) in [5.74, 6) is -1.18. The molecule has 0 aliphatic rings. The fraction of sp³-hybridized carbons (Fsp3) is 0.190. The Morgan fingerprint density at radius 3 is 2.43 bits per heavy atom. The number of amides is 1. The zero-order valence-electron chi connectivity index (χ0n) is 15.7. The van der Waals surface area contributed by atoms with Crippen LogP contribution >= 0.6 is 0 Å². The molecule has 1 aromatic heterocycles. The summed E-state index contributed by atoms with van der Waals surface area (Å²) in [7, 11) is 0. The van der Waals surface area contributed by atoms with E-state index in [-0.39, 0.29) is 17.5 Å². The van der Waals surface area contributed by atoms with Gasteiger partial charge in [-0.05, 0) is 56.7 Å². The van der Waals surface area contributed by atoms with E-state index in [0.29, 0.717) is 22.9 Å². The highest BCUT2D eigenvalue weighted by molar-refractivity contribution is 5.94. The number of carboxylic acids is 1. The second-order valence-corrected chi connectivity index (χ2v) is 6.53. The number of carbonyl (C=O) groups is 2. The SMILES string of the molecule is Cc1nc(C)n(-c2cccc(F)c2)c1C(=O)NC(C)c1ccc(C(=O)O)cc1. The molecular formula is C21H20FN3O3. The molecule has 144 valence electrons. The van der Waals surface area contributed by atoms with E-state index in [1.165, 1.54) is 24.3 Å². The smallest absolute Gasteiger partial charge is 0.335 e. The Hall–Kier alpha value is -3.48. The highest BCUT2D eigenvalue weighted by atomic mass is 19.1. The fourth-order valence-corrected chi connectivity index (χ4v) is 3.13. The van der Waals surface area contributed by atoms with E-state index in [4.69, 9.17) is 5.11 Å². The Kier molecular flexibility index (Phi) is 5.26. The molecule has 6 nitrogen and oxygen atoms in total. The second-order valence-electron chi connectivity index (χ2n) is 6.53. The first-order valence-electron chi connectivity index (χ1n) is 8.74. The van der Waals surface area contributed by atoms with Crippen molar-refractivity contribution in [2.75, 3.05) is 0 Å². The van der Waals surface area contributed by atoms with Crippen molar-refractivity contribution in [3.05, 3.63) is 82.7 Å². The molecule has 2 aromatic carbocycles. The normalized spacial score (nSPS) is 11.9. The van der Waals surface area contributed by atoms with E-state index < -0.39 is 11.8 Å². The van der Waals surface area contributed by atoms with Crippen molar-refractivity contribution in [1.82, 2.24) is 14.9 Å². The largest absolute Gasteiger partial charge is 0.478 e. The number of benzene rings is 2. The van der Waals surface area contributed by atoms with Crippen LogP contribution in [0.3, 0.4) is 0 Å². The predicted octanol–water partition coefficient (Wildman–Crippen LogP) is 3.82. The van der Waals surface area contributed by atoms with Crippen molar-refractivity contribution in [2.45, 2.75) is 26.8 Å². The van der Waals surface area contributed by atoms with Crippen LogP contribution in [0.25, 0.3) is 5.69 Å². The fourth-order valence-electron chi connectivity index (χ4n) is 3.13. The number of carboxylic acid groups (broad SMARTS) is 1. The van der Waals surface area contributed by atoms with E-state index in [9.17, 15) is 14.0 Å². The number of aromatic carboxylic acids is 1. The number of imidazole rings is 1. The molecular weight excluding hydrogens is 361 g/mol. The van der Waals surface area contributed by atoms with Gasteiger partial charge >= 0.3 is 5.97 Å². The van der Waals surface area contributed by atoms with Gasteiger partial charge in [-0.2, -0.15) is 0 Å². The molecule has 3 aromatic rings. The lowest BCUT2D eigenvalue weighted by Gasteiger charge is -2.16. The number of nitrogens with one attached hydrogen (secondary N) is 1. The minimum Gasteiger partial charge on any atom is -0.478 e. The average molecular weight is 381 g/mol. The molecule has 7 heteroatoms. The summed E-state index contributed by atoms with van der Waals surface area (Å²) in [4.78, 5) is 28.3. The molecule has 0 bridgehead atoms. The van der Waals surface area contributed by atoms with Crippen LogP contribution in [0, 0.1) is 19.7 Å². The third kappa shape index (κ3) is 3.78. The summed E-state index contributed by atoms with van der Waals surface area (Å²) in [5.41, 5.74) is 2.33. The maximum Gasteiger partial charge on any atom is 0.335 e. The van der Waals surface area contributed by atoms with Crippen molar-refractivity contribution in [2.24, 2.45) is 0 Å². The van der Waals surface area contributed by atoms with Crippen LogP contribution in [0.4, 0.5) is 4.39 Å². The molecule has 0 fully saturated rings. The van der Waals surface area contributed by atoms with Gasteiger partial charge < -0.3 is 10.4 Å². The Morgan fingerprint density at radius 1 is 1.14 bits per heavy atom. The zero-order chi connectivity index (χ0) is 20.4. The molecule has 2 N–H and O–H groups in total. The molecule has 0 aliphatic heterocycles. The Morgan fingerprint density at radius 2 is 1.82 bits per heavy atom. The minimum atomic E-state index is -1.01. The summed E-state index contributed by atoms with van der Waals surface area (Å²) in [6.45, 7) is 5.28. The molecule has 0 aliphatic carbocycles. The van der Waals surface area contributed by atoms with E-state index in [0.717, 1.165) is 5.56 Å². The van der Waals surface area contributed by atoms with Gasteiger partial charge in [0.2, 0.25) is 0 Å². The number of hydrogen-bond donors (Lipinski definition) is 2. The first-order valence-corrected chi connectivity index (χ1v) is 8.74. The molecule has 1 heterocycles. The van der Waals surface area contributed by atoms with Gasteiger partial charge in [-0.3, -0.25) is 9.36 Å². The predicted molar refractivity (Wildman–Crippen MR) is 102 cm³/mol. The molecule has 3 rings (SSSR count). The summed E-state index contributed by atoms with van der Waals surface area (Å²) in [6, 6.07) is 11.9. The summed E-state index contributed by atoms with van der Waals surface area (Å²) >= 11 is 0. The number of aromatic nitrogens is 2. The van der Waals surface area contributed by atoms with Gasteiger partial charge in [0.05, 0.1) is 23.0 Å². The Labute approximate surface area is 161 Å². The van der Waals surface area contributed by atoms with Crippen LogP contribution < -0.4 is 5.32 Å². The van der Waals surface area contributed by atoms with Gasteiger partial charge in [-0.1, -0.05) is 18.2 Å². The third-order valence-electron chi connectivity index (χ3n) is 4.51. The van der Waals surface area contributed by atoms with Crippen LogP contribution in [-0.2, 0) is 0 Å². The van der Waals surface area contributed by atoms with Crippen LogP contribution in [-0.4, -0.2) is 26.5 Å². The van der Waals surface area contributed by atoms with Gasteiger partial charge in [-0.15, -0.1) is 0 Å². The molecule has 1 amide bonds. The summed E-state index contributed by atoms with van der Waals surface area (Å²) in [6.07, 6.45) is 0. The quantitative estimate of drug-likeness (QED) is 0.704. The van der Waals surface area contributed by atoms with Crippen LogP contribution in [0.2, 0.25) is 0 Å². The number of halogens is 1. The Bertz CT molecular complexity index is 1040. The number of aryl methyl sites for hydroxylation is 2. The van der Waals surface area contributed by atoms with Crippen molar-refractivity contribution >= 4 is 11.9 Å². The molecule has 28 heavy (non-hydrogen) atoms. The number of rotatable bonds is 5. The maximum absolute atomic E-state index is 13.7. The van der Waals surface area contributed by atoms with E-state index >= 15 is 0 Å². The number of hydrogen-bond acceptors (Lipinski definition) is 3. The van der Waals surface area contributed by atoms with Crippen molar-refractivity contribution in [1.29, 1.82) is 0 Å². The average Bonchev–Trinajstić information content (AvgIpc) is 2.95. The van der Waals surface area contributed by atoms with Gasteiger partial charge in [-0.25, -0.2) is 14.2 Å². The van der Waals surface area contributed by atoms with Crippen molar-refractivity contribution in [3.8, 4) is 5.69 Å². The summed E-state index contributed by atoms with van der Waals surface area (Å²) < 4.78 is 15.3. The first kappa shape index (κ1) is 19.3. The minimum absolute atomic E-state index is 0.179. The van der Waals surface area contributed by atoms with Crippen LogP contribution in [0.5, 0.6) is 0 Å². The molecule has 1 unspecified atom stereocenters. The lowest BCUT2D eigenvalue weighted by Crippen LogP contribution is -2.29. The van der Waals surface area contributed by atoms with E-state index in [1.54, 1.807) is 49.6 Å². The van der Waals surface area contributed by atoms with Gasteiger partial charge in [0.15, 0.2) is 0 Å². The lowest BCUT2D eigenvalue weighted by molar-refractivity contribution is 0.0696. The molecule has 0 saturated carbocycles. The van der Waals surface area contributed by atoms with Gasteiger partial charge in [0, 0.05) is 0 Å². The van der Waals surface area contributed by atoms with Gasteiger partial charge in [0.25, 0.3) is 5.91 Å². The number of carbonyl (C=O) groups excluding carboxylic acids is 1. The van der Waals surface area contributed by atoms with E-state index in [2.05, 4.69) is 10.3 Å². The molecule has 0 saturated heterocycles. The Balaban J connectivity index is 1.89. The standard InChI is InChI=1S/C21H20FN3O3/c1-12(15-7-9-16(10-8-15)21(27)28)24-20(26)19-13(2)23-14(3)25(19)18-6-4-5-17(22)11-18/h4-12H,1-3H3,(H,24,26)(H,27,28). The zero-order valence-corrected chi connectivity index (χ0v) is 15.7. The number of nitrogens with zero attached hydrogens (tertiary/aromatic N) is 2. The van der Waals surface area contributed by atoms with Crippen molar-refractivity contribution in [3.63, 3.8) is 0 Å². The van der Waals surface area contributed by atoms with Crippen LogP contribution in [0.1, 0.15) is 50.9 Å². The molecule has 0 radical (unpaired) electrons. The van der Waals surface area contributed by atoms with Gasteiger partial charge in [0.1, 0.15) is 17.3 Å². The third-order valence-corrected chi connectivity index (χ3v) is 4.51. The second kappa shape index (κ2) is 7.64. The highest BCUT2D eigenvalue weighted by Gasteiger charge is 2.22. The topological polar surface area (TPSA) is 84.2 Å². The summed E-state index contributed by atoms with van der Waals surface area (Å²) in [5, 5.41) is 11.9. The maximum atomic E-state index is 13.7. The lowest BCUT2D eigenvalue weighted by atomic mass is 10.1. The van der Waals surface area contributed by atoms with Crippen LogP contribution in [0.15, 0.2) is 48.5 Å². The van der Waals surface area contributed by atoms with Crippen molar-refractivity contribution < 1.29 is 19.1 Å².